The lowest BCUT2D eigenvalue weighted by molar-refractivity contribution is -0.120. The molecule has 1 aromatic carbocycles. The smallest absolute Gasteiger partial charge is 0.241 e. The lowest BCUT2D eigenvalue weighted by Crippen LogP contribution is -2.40. The number of benzene rings is 1. The van der Waals surface area contributed by atoms with Gasteiger partial charge in [-0.3, -0.25) is 9.69 Å². The summed E-state index contributed by atoms with van der Waals surface area (Å²) in [5.41, 5.74) is 2.14. The Morgan fingerprint density at radius 3 is 2.30 bits per heavy atom. The number of hydrogen-bond acceptors (Lipinski definition) is 3. The van der Waals surface area contributed by atoms with Crippen LogP contribution in [0.3, 0.4) is 0 Å². The van der Waals surface area contributed by atoms with Gasteiger partial charge in [0.15, 0.2) is 0 Å². The SMILES string of the molecule is CC(C(=O)Nc1ccc(C(C)(C)C)cc1)N(C)CCO. The van der Waals surface area contributed by atoms with Crippen LogP contribution in [-0.4, -0.2) is 42.2 Å². The maximum absolute atomic E-state index is 12.1. The molecule has 1 aromatic rings. The van der Waals surface area contributed by atoms with Gasteiger partial charge >= 0.3 is 0 Å². The van der Waals surface area contributed by atoms with Crippen LogP contribution in [0.25, 0.3) is 0 Å². The molecule has 0 saturated carbocycles. The van der Waals surface area contributed by atoms with E-state index in [1.54, 1.807) is 0 Å². The third kappa shape index (κ3) is 4.62. The van der Waals surface area contributed by atoms with Gasteiger partial charge in [0.2, 0.25) is 5.91 Å². The fourth-order valence-electron chi connectivity index (χ4n) is 1.85. The molecule has 1 amide bonds. The summed E-state index contributed by atoms with van der Waals surface area (Å²) in [7, 11) is 1.82. The van der Waals surface area contributed by atoms with Crippen molar-refractivity contribution in [3.05, 3.63) is 29.8 Å². The quantitative estimate of drug-likeness (QED) is 0.868. The zero-order chi connectivity index (χ0) is 15.3. The van der Waals surface area contributed by atoms with Crippen molar-refractivity contribution in [3.8, 4) is 0 Å². The number of aliphatic hydroxyl groups excluding tert-OH is 1. The number of hydrogen-bond donors (Lipinski definition) is 2. The first-order valence-corrected chi connectivity index (χ1v) is 6.98. The maximum atomic E-state index is 12.1. The van der Waals surface area contributed by atoms with Crippen molar-refractivity contribution in [2.75, 3.05) is 25.5 Å². The molecule has 2 N–H and O–H groups in total. The van der Waals surface area contributed by atoms with Gasteiger partial charge in [-0.25, -0.2) is 0 Å². The molecule has 0 saturated heterocycles. The lowest BCUT2D eigenvalue weighted by Gasteiger charge is -2.23. The molecule has 0 aliphatic rings. The highest BCUT2D eigenvalue weighted by Gasteiger charge is 2.18. The molecule has 1 atom stereocenters. The minimum absolute atomic E-state index is 0.0500. The van der Waals surface area contributed by atoms with Gasteiger partial charge in [0.25, 0.3) is 0 Å². The fourth-order valence-corrected chi connectivity index (χ4v) is 1.85. The number of carbonyl (C=O) groups is 1. The number of nitrogens with zero attached hydrogens (tertiary/aromatic N) is 1. The molecule has 0 bridgehead atoms. The van der Waals surface area contributed by atoms with Crippen LogP contribution >= 0.6 is 0 Å². The van der Waals surface area contributed by atoms with E-state index in [0.717, 1.165) is 5.69 Å². The first kappa shape index (κ1) is 16.7. The van der Waals surface area contributed by atoms with Crippen LogP contribution in [0.15, 0.2) is 24.3 Å². The van der Waals surface area contributed by atoms with Crippen LogP contribution < -0.4 is 5.32 Å². The molecular formula is C16H26N2O2. The average molecular weight is 278 g/mol. The van der Waals surface area contributed by atoms with Gasteiger partial charge in [-0.2, -0.15) is 0 Å². The van der Waals surface area contributed by atoms with Crippen LogP contribution in [0, 0.1) is 0 Å². The highest BCUT2D eigenvalue weighted by molar-refractivity contribution is 5.94. The van der Waals surface area contributed by atoms with Gasteiger partial charge in [0.05, 0.1) is 12.6 Å². The third-order valence-corrected chi connectivity index (χ3v) is 3.51. The first-order chi connectivity index (χ1) is 9.25. The monoisotopic (exact) mass is 278 g/mol. The maximum Gasteiger partial charge on any atom is 0.241 e. The van der Waals surface area contributed by atoms with Gasteiger partial charge in [-0.1, -0.05) is 32.9 Å². The molecule has 0 radical (unpaired) electrons. The van der Waals surface area contributed by atoms with Crippen LogP contribution in [-0.2, 0) is 10.2 Å². The van der Waals surface area contributed by atoms with Crippen LogP contribution in [0.1, 0.15) is 33.3 Å². The van der Waals surface area contributed by atoms with Gasteiger partial charge in [-0.15, -0.1) is 0 Å². The number of anilines is 1. The summed E-state index contributed by atoms with van der Waals surface area (Å²) in [6.45, 7) is 8.84. The molecule has 0 spiro atoms. The van der Waals surface area contributed by atoms with E-state index in [0.29, 0.717) is 6.54 Å². The summed E-state index contributed by atoms with van der Waals surface area (Å²) < 4.78 is 0. The fraction of sp³-hybridized carbons (Fsp3) is 0.562. The Balaban J connectivity index is 2.67. The van der Waals surface area contributed by atoms with Crippen molar-refractivity contribution in [2.45, 2.75) is 39.2 Å². The Morgan fingerprint density at radius 2 is 1.85 bits per heavy atom. The predicted molar refractivity (Wildman–Crippen MR) is 82.9 cm³/mol. The van der Waals surface area contributed by atoms with Crippen molar-refractivity contribution in [1.82, 2.24) is 4.90 Å². The van der Waals surface area contributed by atoms with E-state index in [4.69, 9.17) is 5.11 Å². The molecule has 4 heteroatoms. The van der Waals surface area contributed by atoms with Gasteiger partial charge in [0.1, 0.15) is 0 Å². The second-order valence-corrected chi connectivity index (χ2v) is 6.20. The summed E-state index contributed by atoms with van der Waals surface area (Å²) >= 11 is 0. The van der Waals surface area contributed by atoms with Gasteiger partial charge in [-0.05, 0) is 37.1 Å². The van der Waals surface area contributed by atoms with Gasteiger partial charge < -0.3 is 10.4 Å². The molecule has 0 aromatic heterocycles. The number of likely N-dealkylation sites (N-methyl/N-ethyl adjacent to an activating group) is 1. The zero-order valence-electron chi connectivity index (χ0n) is 13.1. The second kappa shape index (κ2) is 6.86. The molecule has 4 nitrogen and oxygen atoms in total. The number of rotatable bonds is 5. The molecule has 20 heavy (non-hydrogen) atoms. The summed E-state index contributed by atoms with van der Waals surface area (Å²) in [5.74, 6) is -0.0653. The largest absolute Gasteiger partial charge is 0.395 e. The normalized spacial score (nSPS) is 13.3. The molecule has 0 aliphatic heterocycles. The first-order valence-electron chi connectivity index (χ1n) is 6.98. The molecule has 0 aliphatic carbocycles. The number of nitrogens with one attached hydrogen (secondary N) is 1. The zero-order valence-corrected chi connectivity index (χ0v) is 13.1. The number of amides is 1. The van der Waals surface area contributed by atoms with E-state index in [9.17, 15) is 4.79 Å². The Labute approximate surface area is 121 Å². The van der Waals surface area contributed by atoms with Crippen molar-refractivity contribution in [2.24, 2.45) is 0 Å². The molecule has 0 fully saturated rings. The van der Waals surface area contributed by atoms with E-state index in [-0.39, 0.29) is 24.0 Å². The average Bonchev–Trinajstić information content (AvgIpc) is 2.37. The topological polar surface area (TPSA) is 52.6 Å². The second-order valence-electron chi connectivity index (χ2n) is 6.20. The molecule has 112 valence electrons. The van der Waals surface area contributed by atoms with Crippen molar-refractivity contribution in [3.63, 3.8) is 0 Å². The summed E-state index contributed by atoms with van der Waals surface area (Å²) in [6.07, 6.45) is 0. The van der Waals surface area contributed by atoms with E-state index in [1.807, 2.05) is 43.1 Å². The van der Waals surface area contributed by atoms with E-state index in [1.165, 1.54) is 5.56 Å². The summed E-state index contributed by atoms with van der Waals surface area (Å²) in [6, 6.07) is 7.66. The Kier molecular flexibility index (Phi) is 5.72. The minimum atomic E-state index is -0.274. The van der Waals surface area contributed by atoms with Crippen LogP contribution in [0.4, 0.5) is 5.69 Å². The van der Waals surface area contributed by atoms with E-state index < -0.39 is 0 Å². The van der Waals surface area contributed by atoms with Crippen molar-refractivity contribution >= 4 is 11.6 Å². The minimum Gasteiger partial charge on any atom is -0.395 e. The molecule has 1 unspecified atom stereocenters. The number of carbonyl (C=O) groups excluding carboxylic acids is 1. The highest BCUT2D eigenvalue weighted by Crippen LogP contribution is 2.23. The third-order valence-electron chi connectivity index (χ3n) is 3.51. The van der Waals surface area contributed by atoms with Crippen LogP contribution in [0.2, 0.25) is 0 Å². The van der Waals surface area contributed by atoms with E-state index in [2.05, 4.69) is 26.1 Å². The van der Waals surface area contributed by atoms with Crippen LogP contribution in [0.5, 0.6) is 0 Å². The Morgan fingerprint density at radius 1 is 1.30 bits per heavy atom. The summed E-state index contributed by atoms with van der Waals surface area (Å²) in [5, 5.41) is 11.8. The predicted octanol–water partition coefficient (Wildman–Crippen LogP) is 2.24. The molecule has 0 heterocycles. The van der Waals surface area contributed by atoms with Crippen molar-refractivity contribution < 1.29 is 9.90 Å². The van der Waals surface area contributed by atoms with E-state index >= 15 is 0 Å². The lowest BCUT2D eigenvalue weighted by atomic mass is 9.87. The Bertz CT molecular complexity index is 435. The molecular weight excluding hydrogens is 252 g/mol. The Hall–Kier alpha value is -1.39. The standard InChI is InChI=1S/C16H26N2O2/c1-12(18(5)10-11-19)15(20)17-14-8-6-13(7-9-14)16(2,3)4/h6-9,12,19H,10-11H2,1-5H3,(H,17,20). The van der Waals surface area contributed by atoms with Crippen molar-refractivity contribution in [1.29, 1.82) is 0 Å². The highest BCUT2D eigenvalue weighted by atomic mass is 16.3. The van der Waals surface area contributed by atoms with Gasteiger partial charge in [0, 0.05) is 12.2 Å². The summed E-state index contributed by atoms with van der Waals surface area (Å²) in [4.78, 5) is 13.9. The number of aliphatic hydroxyl groups is 1. The molecule has 1 rings (SSSR count).